The predicted octanol–water partition coefficient (Wildman–Crippen LogP) is 0.837. The summed E-state index contributed by atoms with van der Waals surface area (Å²) in [6.07, 6.45) is 5.66. The minimum Gasteiger partial charge on any atom is -0.348 e. The summed E-state index contributed by atoms with van der Waals surface area (Å²) in [5.74, 6) is 0.143. The molecule has 0 bridgehead atoms. The molecule has 138 valence electrons. The number of aromatic amines is 1. The molecule has 4 rings (SSSR count). The van der Waals surface area contributed by atoms with Crippen molar-refractivity contribution < 1.29 is 9.59 Å². The van der Waals surface area contributed by atoms with Crippen LogP contribution in [0.3, 0.4) is 0 Å². The van der Waals surface area contributed by atoms with Crippen LogP contribution in [0.1, 0.15) is 36.8 Å². The molecule has 1 N–H and O–H groups in total. The molecule has 8 heteroatoms. The average Bonchev–Trinajstić information content (AvgIpc) is 3.25. The molecule has 1 spiro atoms. The normalized spacial score (nSPS) is 18.8. The number of rotatable bonds is 2. The predicted molar refractivity (Wildman–Crippen MR) is 94.1 cm³/mol. The van der Waals surface area contributed by atoms with E-state index in [-0.39, 0.29) is 18.4 Å². The highest BCUT2D eigenvalue weighted by molar-refractivity contribution is 5.77. The molecule has 4 heterocycles. The Balaban J connectivity index is 1.52. The maximum atomic E-state index is 12.7. The molecule has 2 amide bonds. The van der Waals surface area contributed by atoms with Crippen molar-refractivity contribution in [3.63, 3.8) is 0 Å². The van der Waals surface area contributed by atoms with Crippen molar-refractivity contribution in [2.45, 2.75) is 45.2 Å². The third-order valence-electron chi connectivity index (χ3n) is 5.80. The van der Waals surface area contributed by atoms with Crippen LogP contribution in [0.15, 0.2) is 18.6 Å². The van der Waals surface area contributed by atoms with Gasteiger partial charge < -0.3 is 14.8 Å². The number of carbonyl (C=O) groups excluding carboxylic acids is 2. The van der Waals surface area contributed by atoms with Gasteiger partial charge in [0.25, 0.3) is 0 Å². The van der Waals surface area contributed by atoms with Crippen LogP contribution in [0, 0.1) is 6.92 Å². The Morgan fingerprint density at radius 3 is 2.69 bits per heavy atom. The van der Waals surface area contributed by atoms with Gasteiger partial charge in [0, 0.05) is 50.6 Å². The lowest BCUT2D eigenvalue weighted by atomic mass is 9.78. The summed E-state index contributed by atoms with van der Waals surface area (Å²) in [7, 11) is 0. The lowest BCUT2D eigenvalue weighted by Crippen LogP contribution is -2.58. The van der Waals surface area contributed by atoms with Crippen molar-refractivity contribution in [1.29, 1.82) is 0 Å². The van der Waals surface area contributed by atoms with Crippen LogP contribution in [0.25, 0.3) is 0 Å². The van der Waals surface area contributed by atoms with Crippen molar-refractivity contribution in [2.24, 2.45) is 0 Å². The number of hydrogen-bond donors (Lipinski definition) is 1. The van der Waals surface area contributed by atoms with Crippen LogP contribution >= 0.6 is 0 Å². The molecule has 0 aliphatic carbocycles. The minimum atomic E-state index is -0.391. The van der Waals surface area contributed by atoms with Crippen LogP contribution < -0.4 is 0 Å². The molecule has 26 heavy (non-hydrogen) atoms. The topological polar surface area (TPSA) is 87.1 Å². The van der Waals surface area contributed by atoms with Gasteiger partial charge >= 0.3 is 0 Å². The van der Waals surface area contributed by atoms with Gasteiger partial charge in [-0.3, -0.25) is 14.3 Å². The second-order valence-corrected chi connectivity index (χ2v) is 7.19. The zero-order valence-corrected chi connectivity index (χ0v) is 15.2. The summed E-state index contributed by atoms with van der Waals surface area (Å²) in [6, 6.07) is 1.89. The molecule has 2 aliphatic heterocycles. The van der Waals surface area contributed by atoms with Crippen LogP contribution in [0.4, 0.5) is 0 Å². The summed E-state index contributed by atoms with van der Waals surface area (Å²) in [5, 5.41) is 4.19. The maximum Gasteiger partial charge on any atom is 0.244 e. The molecular weight excluding hydrogens is 332 g/mol. The van der Waals surface area contributed by atoms with Gasteiger partial charge in [0.15, 0.2) is 0 Å². The van der Waals surface area contributed by atoms with Crippen molar-refractivity contribution in [2.75, 3.05) is 19.6 Å². The second kappa shape index (κ2) is 6.26. The lowest BCUT2D eigenvalue weighted by Gasteiger charge is -2.50. The quantitative estimate of drug-likeness (QED) is 0.864. The summed E-state index contributed by atoms with van der Waals surface area (Å²) >= 11 is 0. The van der Waals surface area contributed by atoms with Crippen molar-refractivity contribution in [3.05, 3.63) is 35.7 Å². The van der Waals surface area contributed by atoms with Gasteiger partial charge in [0.2, 0.25) is 11.8 Å². The van der Waals surface area contributed by atoms with E-state index in [4.69, 9.17) is 0 Å². The van der Waals surface area contributed by atoms with Crippen LogP contribution in [0.2, 0.25) is 0 Å². The standard InChI is InChI=1S/C18H24N6O2/c1-13-3-7-21-24(13)11-16(26)22-9-5-18(6-10-22)17-15(19-12-20-17)4-8-23(18)14(2)25/h3,7,12H,4-6,8-11H2,1-2H3,(H,19,20). The summed E-state index contributed by atoms with van der Waals surface area (Å²) in [4.78, 5) is 36.5. The molecule has 0 unspecified atom stereocenters. The molecule has 8 nitrogen and oxygen atoms in total. The molecule has 1 saturated heterocycles. The van der Waals surface area contributed by atoms with Crippen molar-refractivity contribution in [3.8, 4) is 0 Å². The number of fused-ring (bicyclic) bond motifs is 2. The van der Waals surface area contributed by atoms with E-state index in [1.165, 1.54) is 0 Å². The van der Waals surface area contributed by atoms with E-state index in [9.17, 15) is 9.59 Å². The van der Waals surface area contributed by atoms with Gasteiger partial charge in [0.1, 0.15) is 6.54 Å². The molecule has 0 aromatic carbocycles. The molecule has 0 saturated carbocycles. The number of nitrogens with zero attached hydrogens (tertiary/aromatic N) is 5. The van der Waals surface area contributed by atoms with E-state index >= 15 is 0 Å². The van der Waals surface area contributed by atoms with Crippen LogP contribution in [-0.2, 0) is 28.1 Å². The van der Waals surface area contributed by atoms with E-state index in [2.05, 4.69) is 15.1 Å². The first-order valence-corrected chi connectivity index (χ1v) is 9.08. The molecular formula is C18H24N6O2. The summed E-state index contributed by atoms with van der Waals surface area (Å²) in [5.41, 5.74) is 2.68. The average molecular weight is 356 g/mol. The molecule has 0 atom stereocenters. The molecule has 1 fully saturated rings. The first-order valence-electron chi connectivity index (χ1n) is 9.08. The van der Waals surface area contributed by atoms with Crippen LogP contribution in [-0.4, -0.2) is 61.0 Å². The Morgan fingerprint density at radius 2 is 2.04 bits per heavy atom. The van der Waals surface area contributed by atoms with E-state index in [1.54, 1.807) is 24.1 Å². The maximum absolute atomic E-state index is 12.7. The van der Waals surface area contributed by atoms with Crippen LogP contribution in [0.5, 0.6) is 0 Å². The first kappa shape index (κ1) is 16.8. The van der Waals surface area contributed by atoms with E-state index in [1.807, 2.05) is 22.8 Å². The van der Waals surface area contributed by atoms with Crippen molar-refractivity contribution >= 4 is 11.8 Å². The molecule has 2 aromatic heterocycles. The summed E-state index contributed by atoms with van der Waals surface area (Å²) in [6.45, 7) is 5.76. The zero-order chi connectivity index (χ0) is 18.3. The number of hydrogen-bond acceptors (Lipinski definition) is 4. The number of H-pyrrole nitrogens is 1. The lowest BCUT2D eigenvalue weighted by molar-refractivity contribution is -0.142. The Bertz CT molecular complexity index is 830. The highest BCUT2D eigenvalue weighted by Gasteiger charge is 2.48. The van der Waals surface area contributed by atoms with Gasteiger partial charge in [-0.1, -0.05) is 0 Å². The highest BCUT2D eigenvalue weighted by atomic mass is 16.2. The number of nitrogens with one attached hydrogen (secondary N) is 1. The Morgan fingerprint density at radius 1 is 1.27 bits per heavy atom. The fraction of sp³-hybridized carbons (Fsp3) is 0.556. The van der Waals surface area contributed by atoms with Gasteiger partial charge in [-0.15, -0.1) is 0 Å². The zero-order valence-electron chi connectivity index (χ0n) is 15.2. The largest absolute Gasteiger partial charge is 0.348 e. The Labute approximate surface area is 152 Å². The minimum absolute atomic E-state index is 0.0686. The summed E-state index contributed by atoms with van der Waals surface area (Å²) < 4.78 is 1.72. The molecule has 2 aromatic rings. The number of imidazole rings is 1. The van der Waals surface area contributed by atoms with E-state index in [0.29, 0.717) is 32.5 Å². The third-order valence-corrected chi connectivity index (χ3v) is 5.80. The number of likely N-dealkylation sites (tertiary alicyclic amines) is 1. The molecule has 2 aliphatic rings. The van der Waals surface area contributed by atoms with Gasteiger partial charge in [-0.25, -0.2) is 4.98 Å². The van der Waals surface area contributed by atoms with Crippen molar-refractivity contribution in [1.82, 2.24) is 29.5 Å². The number of aromatic nitrogens is 4. The Hall–Kier alpha value is -2.64. The van der Waals surface area contributed by atoms with E-state index < -0.39 is 5.54 Å². The fourth-order valence-electron chi connectivity index (χ4n) is 4.36. The van der Waals surface area contributed by atoms with Gasteiger partial charge in [-0.2, -0.15) is 5.10 Å². The third kappa shape index (κ3) is 2.60. The number of amides is 2. The number of aryl methyl sites for hydroxylation is 1. The molecule has 0 radical (unpaired) electrons. The SMILES string of the molecule is CC(=O)N1CCc2[nH]cnc2C12CCN(C(=O)Cn1nccc1C)CC2. The second-order valence-electron chi connectivity index (χ2n) is 7.19. The van der Waals surface area contributed by atoms with E-state index in [0.717, 1.165) is 23.5 Å². The fourth-order valence-corrected chi connectivity index (χ4v) is 4.36. The number of piperidine rings is 1. The Kier molecular flexibility index (Phi) is 4.05. The first-order chi connectivity index (χ1) is 12.5. The van der Waals surface area contributed by atoms with Gasteiger partial charge in [-0.05, 0) is 25.8 Å². The smallest absolute Gasteiger partial charge is 0.244 e. The number of carbonyl (C=O) groups is 2. The monoisotopic (exact) mass is 356 g/mol. The highest BCUT2D eigenvalue weighted by Crippen LogP contribution is 2.42. The van der Waals surface area contributed by atoms with Gasteiger partial charge in [0.05, 0.1) is 17.6 Å².